The Bertz CT molecular complexity index is 362. The zero-order valence-electron chi connectivity index (χ0n) is 9.86. The highest BCUT2D eigenvalue weighted by Gasteiger charge is 2.22. The molecule has 17 heavy (non-hydrogen) atoms. The lowest BCUT2D eigenvalue weighted by Gasteiger charge is -2.24. The lowest BCUT2D eigenvalue weighted by atomic mass is 9.92. The maximum Gasteiger partial charge on any atom is 0.0758 e. The molecule has 0 radical (unpaired) electrons. The molecule has 0 heterocycles. The summed E-state index contributed by atoms with van der Waals surface area (Å²) in [6.07, 6.45) is 0.421. The molecule has 1 unspecified atom stereocenters. The van der Waals surface area contributed by atoms with E-state index in [1.165, 1.54) is 0 Å². The van der Waals surface area contributed by atoms with Crippen LogP contribution in [0, 0.1) is 5.92 Å². The van der Waals surface area contributed by atoms with E-state index >= 15 is 0 Å². The molecule has 0 aliphatic rings. The van der Waals surface area contributed by atoms with E-state index in [4.69, 9.17) is 5.73 Å². The summed E-state index contributed by atoms with van der Waals surface area (Å²) in [6, 6.07) is 5.48. The third kappa shape index (κ3) is 4.52. The molecule has 3 atom stereocenters. The highest BCUT2D eigenvalue weighted by Crippen LogP contribution is 2.28. The topological polar surface area (TPSA) is 46.2 Å². The zero-order valence-corrected chi connectivity index (χ0v) is 13.8. The molecule has 1 aromatic rings. The van der Waals surface area contributed by atoms with Crippen LogP contribution in [0.3, 0.4) is 0 Å². The van der Waals surface area contributed by atoms with Crippen molar-refractivity contribution >= 4 is 44.3 Å². The molecule has 1 aromatic carbocycles. The summed E-state index contributed by atoms with van der Waals surface area (Å²) >= 11 is 6.84. The van der Waals surface area contributed by atoms with Gasteiger partial charge in [0, 0.05) is 8.95 Å². The molecule has 0 aliphatic heterocycles. The average Bonchev–Trinajstić information content (AvgIpc) is 2.29. The number of nitrogens with two attached hydrogens (primary N) is 1. The van der Waals surface area contributed by atoms with E-state index in [0.29, 0.717) is 0 Å². The molecule has 3 N–H and O–H groups in total. The monoisotopic (exact) mass is 385 g/mol. The van der Waals surface area contributed by atoms with Crippen molar-refractivity contribution in [2.24, 2.45) is 11.7 Å². The summed E-state index contributed by atoms with van der Waals surface area (Å²) in [4.78, 5) is 0. The van der Waals surface area contributed by atoms with Gasteiger partial charge in [-0.15, -0.1) is 12.4 Å². The van der Waals surface area contributed by atoms with E-state index < -0.39 is 6.10 Å². The van der Waals surface area contributed by atoms with Crippen molar-refractivity contribution in [3.8, 4) is 0 Å². The molecule has 98 valence electrons. The molecule has 1 rings (SSSR count). The normalized spacial score (nSPS) is 15.9. The largest absolute Gasteiger partial charge is 0.391 e. The van der Waals surface area contributed by atoms with Gasteiger partial charge in [-0.1, -0.05) is 26.3 Å². The zero-order chi connectivity index (χ0) is 12.3. The van der Waals surface area contributed by atoms with Gasteiger partial charge in [0.1, 0.15) is 0 Å². The Morgan fingerprint density at radius 2 is 1.88 bits per heavy atom. The van der Waals surface area contributed by atoms with E-state index in [1.54, 1.807) is 0 Å². The second-order valence-electron chi connectivity index (χ2n) is 4.08. The van der Waals surface area contributed by atoms with Crippen LogP contribution in [0.25, 0.3) is 0 Å². The van der Waals surface area contributed by atoms with Crippen molar-refractivity contribution in [2.75, 3.05) is 0 Å². The van der Waals surface area contributed by atoms with Crippen molar-refractivity contribution in [1.82, 2.24) is 0 Å². The van der Waals surface area contributed by atoms with Crippen LogP contribution < -0.4 is 5.73 Å². The molecule has 0 fully saturated rings. The van der Waals surface area contributed by atoms with Crippen molar-refractivity contribution in [3.63, 3.8) is 0 Å². The number of rotatable bonds is 4. The Morgan fingerprint density at radius 3 is 2.35 bits per heavy atom. The lowest BCUT2D eigenvalue weighted by molar-refractivity contribution is 0.0880. The molecular weight excluding hydrogens is 369 g/mol. The summed E-state index contributed by atoms with van der Waals surface area (Å²) in [5.74, 6) is 0.206. The van der Waals surface area contributed by atoms with Gasteiger partial charge in [-0.3, -0.25) is 0 Å². The minimum Gasteiger partial charge on any atom is -0.391 e. The number of aliphatic hydroxyl groups excluding tert-OH is 1. The Morgan fingerprint density at radius 1 is 1.29 bits per heavy atom. The van der Waals surface area contributed by atoms with Crippen LogP contribution in [0.2, 0.25) is 0 Å². The first-order valence-corrected chi connectivity index (χ1v) is 6.94. The van der Waals surface area contributed by atoms with Crippen LogP contribution in [0.5, 0.6) is 0 Å². The Kier molecular flexibility index (Phi) is 7.92. The molecule has 0 amide bonds. The van der Waals surface area contributed by atoms with Crippen molar-refractivity contribution < 1.29 is 5.11 Å². The Labute approximate surface area is 126 Å². The summed E-state index contributed by atoms with van der Waals surface area (Å²) in [7, 11) is 0. The number of aliphatic hydroxyl groups is 1. The van der Waals surface area contributed by atoms with Crippen LogP contribution in [0.4, 0.5) is 0 Å². The second-order valence-corrected chi connectivity index (χ2v) is 5.78. The van der Waals surface area contributed by atoms with Crippen LogP contribution in [0.15, 0.2) is 27.1 Å². The summed E-state index contributed by atoms with van der Waals surface area (Å²) < 4.78 is 1.94. The first kappa shape index (κ1) is 17.4. The lowest BCUT2D eigenvalue weighted by Crippen LogP contribution is -2.31. The van der Waals surface area contributed by atoms with Gasteiger partial charge in [0.2, 0.25) is 0 Å². The molecule has 0 bridgehead atoms. The summed E-state index contributed by atoms with van der Waals surface area (Å²) in [5, 5.41) is 10.0. The molecule has 0 aliphatic carbocycles. The average molecular weight is 388 g/mol. The fraction of sp³-hybridized carbons (Fsp3) is 0.500. The maximum absolute atomic E-state index is 10.0. The van der Waals surface area contributed by atoms with E-state index in [-0.39, 0.29) is 24.4 Å². The van der Waals surface area contributed by atoms with E-state index in [1.807, 2.05) is 25.1 Å². The fourth-order valence-corrected chi connectivity index (χ4v) is 2.16. The Balaban J connectivity index is 0.00000256. The summed E-state index contributed by atoms with van der Waals surface area (Å²) in [6.45, 7) is 4.07. The highest BCUT2D eigenvalue weighted by atomic mass is 79.9. The minimum atomic E-state index is -0.502. The molecule has 2 nitrogen and oxygen atoms in total. The van der Waals surface area contributed by atoms with E-state index in [0.717, 1.165) is 20.9 Å². The van der Waals surface area contributed by atoms with Gasteiger partial charge in [0.25, 0.3) is 0 Å². The van der Waals surface area contributed by atoms with Crippen molar-refractivity contribution in [3.05, 3.63) is 32.7 Å². The summed E-state index contributed by atoms with van der Waals surface area (Å²) in [5.41, 5.74) is 6.99. The van der Waals surface area contributed by atoms with Crippen molar-refractivity contribution in [1.29, 1.82) is 0 Å². The quantitative estimate of drug-likeness (QED) is 0.819. The molecular formula is C12H18Br2ClNO. The standard InChI is InChI=1S/C12H17Br2NO.ClH/c1-3-7(2)12(16)11(15)8-4-5-9(13)10(14)6-8;/h4-7,11-12,16H,3,15H2,1-2H3;1H/t7?,11-,12+;/m1./s1. The van der Waals surface area contributed by atoms with Crippen LogP contribution in [-0.2, 0) is 0 Å². The smallest absolute Gasteiger partial charge is 0.0758 e. The second kappa shape index (κ2) is 7.74. The van der Waals surface area contributed by atoms with Gasteiger partial charge in [-0.25, -0.2) is 0 Å². The van der Waals surface area contributed by atoms with Crippen LogP contribution in [-0.4, -0.2) is 11.2 Å². The third-order valence-electron chi connectivity index (χ3n) is 2.92. The molecule has 5 heteroatoms. The predicted octanol–water partition coefficient (Wildman–Crippen LogP) is 4.04. The number of hydrogen-bond donors (Lipinski definition) is 2. The van der Waals surface area contributed by atoms with Gasteiger partial charge in [-0.05, 0) is 55.5 Å². The highest BCUT2D eigenvalue weighted by molar-refractivity contribution is 9.13. The first-order chi connectivity index (χ1) is 7.47. The SMILES string of the molecule is CCC(C)[C@H](O)[C@H](N)c1ccc(Br)c(Br)c1.Cl. The van der Waals surface area contributed by atoms with Crippen molar-refractivity contribution in [2.45, 2.75) is 32.4 Å². The van der Waals surface area contributed by atoms with Gasteiger partial charge < -0.3 is 10.8 Å². The van der Waals surface area contributed by atoms with Crippen LogP contribution in [0.1, 0.15) is 31.9 Å². The van der Waals surface area contributed by atoms with E-state index in [2.05, 4.69) is 38.8 Å². The van der Waals surface area contributed by atoms with Gasteiger partial charge in [0.05, 0.1) is 12.1 Å². The first-order valence-electron chi connectivity index (χ1n) is 5.36. The molecule has 0 saturated carbocycles. The minimum absolute atomic E-state index is 0. The molecule has 0 saturated heterocycles. The maximum atomic E-state index is 10.0. The van der Waals surface area contributed by atoms with Gasteiger partial charge in [-0.2, -0.15) is 0 Å². The number of hydrogen-bond acceptors (Lipinski definition) is 2. The van der Waals surface area contributed by atoms with E-state index in [9.17, 15) is 5.11 Å². The Hall–Kier alpha value is 0.390. The molecule has 0 aromatic heterocycles. The fourth-order valence-electron chi connectivity index (χ4n) is 1.51. The molecule has 0 spiro atoms. The number of benzene rings is 1. The van der Waals surface area contributed by atoms with Gasteiger partial charge >= 0.3 is 0 Å². The third-order valence-corrected chi connectivity index (χ3v) is 4.80. The number of halogens is 3. The van der Waals surface area contributed by atoms with Crippen LogP contribution >= 0.6 is 44.3 Å². The van der Waals surface area contributed by atoms with Gasteiger partial charge in [0.15, 0.2) is 0 Å². The predicted molar refractivity (Wildman–Crippen MR) is 81.5 cm³/mol.